The van der Waals surface area contributed by atoms with Crippen molar-refractivity contribution in [2.24, 2.45) is 0 Å². The van der Waals surface area contributed by atoms with Gasteiger partial charge in [-0.3, -0.25) is 0 Å². The van der Waals surface area contributed by atoms with Gasteiger partial charge in [-0.1, -0.05) is 129 Å². The maximum absolute atomic E-state index is 2.43. The lowest BCUT2D eigenvalue weighted by atomic mass is 9.82. The average Bonchev–Trinajstić information content (AvgIpc) is 3.66. The minimum atomic E-state index is -0.0861. The second-order valence-corrected chi connectivity index (χ2v) is 15.0. The number of hydrogen-bond acceptors (Lipinski definition) is 1. The molecule has 250 valence electrons. The van der Waals surface area contributed by atoms with Gasteiger partial charge in [0.2, 0.25) is 0 Å². The van der Waals surface area contributed by atoms with Crippen LogP contribution in [0.1, 0.15) is 25.0 Å². The summed E-state index contributed by atoms with van der Waals surface area (Å²) in [6, 6.07) is 67.2. The molecule has 0 radical (unpaired) electrons. The number of aromatic nitrogens is 1. The van der Waals surface area contributed by atoms with Gasteiger partial charge in [-0.15, -0.1) is 0 Å². The molecular weight excluding hydrogens is 641 g/mol. The van der Waals surface area contributed by atoms with Crippen LogP contribution < -0.4 is 4.90 Å². The second-order valence-electron chi connectivity index (χ2n) is 15.0. The number of hydrogen-bond donors (Lipinski definition) is 0. The molecule has 1 aliphatic rings. The molecule has 0 amide bonds. The average molecular weight is 677 g/mol. The van der Waals surface area contributed by atoms with Crippen LogP contribution in [0.2, 0.25) is 0 Å². The van der Waals surface area contributed by atoms with Gasteiger partial charge in [0.15, 0.2) is 0 Å². The standard InChI is InChI=1S/C51H36N2/c1-51(2)45-17-9-8-16-43(45)44-28-27-42(32-46(44)51)52(41-26-23-33-11-6-7-12-36(33)30-41)40-24-21-34(22-25-40)38-29-37-20-19-35-13-10-18-47-49(35)50(37)48(31-38)53(47)39-14-4-3-5-15-39/h3-32H,1-2H3. The molecule has 0 spiro atoms. The number of para-hydroxylation sites is 1. The molecule has 1 aliphatic carbocycles. The molecule has 0 N–H and O–H groups in total. The van der Waals surface area contributed by atoms with Crippen molar-refractivity contribution < 1.29 is 0 Å². The van der Waals surface area contributed by atoms with Crippen LogP contribution in [0.25, 0.3) is 71.3 Å². The zero-order chi connectivity index (χ0) is 35.3. The Kier molecular flexibility index (Phi) is 6.33. The van der Waals surface area contributed by atoms with E-state index < -0.39 is 0 Å². The van der Waals surface area contributed by atoms with Gasteiger partial charge in [-0.25, -0.2) is 0 Å². The predicted molar refractivity (Wildman–Crippen MR) is 225 cm³/mol. The van der Waals surface area contributed by atoms with E-state index in [9.17, 15) is 0 Å². The van der Waals surface area contributed by atoms with E-state index in [1.54, 1.807) is 0 Å². The molecule has 0 saturated carbocycles. The number of anilines is 3. The number of nitrogens with zero attached hydrogens (tertiary/aromatic N) is 2. The Morgan fingerprint density at radius 1 is 0.396 bits per heavy atom. The van der Waals surface area contributed by atoms with Crippen LogP contribution >= 0.6 is 0 Å². The van der Waals surface area contributed by atoms with Crippen molar-refractivity contribution in [1.29, 1.82) is 0 Å². The normalized spacial score (nSPS) is 13.2. The fourth-order valence-corrected chi connectivity index (χ4v) is 9.11. The first kappa shape index (κ1) is 30.0. The van der Waals surface area contributed by atoms with Gasteiger partial charge in [0, 0.05) is 38.9 Å². The van der Waals surface area contributed by atoms with Crippen molar-refractivity contribution in [2.75, 3.05) is 4.90 Å². The van der Waals surface area contributed by atoms with Crippen molar-refractivity contribution in [3.05, 3.63) is 193 Å². The number of rotatable bonds is 5. The Labute approximate surface area is 309 Å². The number of benzene rings is 9. The molecule has 0 atom stereocenters. The summed E-state index contributed by atoms with van der Waals surface area (Å²) >= 11 is 0. The lowest BCUT2D eigenvalue weighted by Crippen LogP contribution is -2.16. The van der Waals surface area contributed by atoms with E-state index >= 15 is 0 Å². The largest absolute Gasteiger partial charge is 0.310 e. The fraction of sp³-hybridized carbons (Fsp3) is 0.0588. The fourth-order valence-electron chi connectivity index (χ4n) is 9.11. The molecule has 1 aromatic heterocycles. The zero-order valence-electron chi connectivity index (χ0n) is 29.7. The van der Waals surface area contributed by atoms with E-state index in [0.717, 1.165) is 17.1 Å². The first-order chi connectivity index (χ1) is 26.0. The summed E-state index contributed by atoms with van der Waals surface area (Å²) in [5, 5.41) is 7.67. The Morgan fingerprint density at radius 3 is 1.91 bits per heavy atom. The molecule has 10 aromatic rings. The first-order valence-corrected chi connectivity index (χ1v) is 18.5. The summed E-state index contributed by atoms with van der Waals surface area (Å²) in [7, 11) is 0. The van der Waals surface area contributed by atoms with E-state index in [4.69, 9.17) is 0 Å². The molecule has 2 heteroatoms. The smallest absolute Gasteiger partial charge is 0.0553 e. The van der Waals surface area contributed by atoms with Gasteiger partial charge in [0.25, 0.3) is 0 Å². The minimum absolute atomic E-state index is 0.0861. The summed E-state index contributed by atoms with van der Waals surface area (Å²) in [6.45, 7) is 4.71. The molecule has 0 saturated heterocycles. The summed E-state index contributed by atoms with van der Waals surface area (Å²) in [5.74, 6) is 0. The maximum atomic E-state index is 2.43. The second kappa shape index (κ2) is 11.2. The van der Waals surface area contributed by atoms with Crippen molar-refractivity contribution in [1.82, 2.24) is 4.57 Å². The summed E-state index contributed by atoms with van der Waals surface area (Å²) in [4.78, 5) is 2.42. The number of fused-ring (bicyclic) bond motifs is 4. The maximum Gasteiger partial charge on any atom is 0.0553 e. The molecule has 2 nitrogen and oxygen atoms in total. The lowest BCUT2D eigenvalue weighted by Gasteiger charge is -2.28. The predicted octanol–water partition coefficient (Wildman–Crippen LogP) is 14.0. The molecule has 0 unspecified atom stereocenters. The summed E-state index contributed by atoms with van der Waals surface area (Å²) in [6.07, 6.45) is 0. The molecule has 53 heavy (non-hydrogen) atoms. The third-order valence-corrected chi connectivity index (χ3v) is 11.7. The monoisotopic (exact) mass is 676 g/mol. The van der Waals surface area contributed by atoms with E-state index in [2.05, 4.69) is 205 Å². The van der Waals surface area contributed by atoms with Gasteiger partial charge < -0.3 is 9.47 Å². The Balaban J connectivity index is 1.07. The van der Waals surface area contributed by atoms with Crippen molar-refractivity contribution in [3.63, 3.8) is 0 Å². The Morgan fingerprint density at radius 2 is 1.04 bits per heavy atom. The molecular formula is C51H36N2. The highest BCUT2D eigenvalue weighted by atomic mass is 15.1. The molecule has 0 bridgehead atoms. The third kappa shape index (κ3) is 4.45. The summed E-state index contributed by atoms with van der Waals surface area (Å²) < 4.78 is 2.43. The van der Waals surface area contributed by atoms with Crippen molar-refractivity contribution in [2.45, 2.75) is 19.3 Å². The first-order valence-electron chi connectivity index (χ1n) is 18.5. The zero-order valence-corrected chi connectivity index (χ0v) is 29.7. The van der Waals surface area contributed by atoms with Crippen LogP contribution in [0.5, 0.6) is 0 Å². The van der Waals surface area contributed by atoms with Crippen LogP contribution in [0.15, 0.2) is 182 Å². The van der Waals surface area contributed by atoms with Crippen molar-refractivity contribution >= 4 is 60.4 Å². The van der Waals surface area contributed by atoms with Crippen LogP contribution in [0.4, 0.5) is 17.1 Å². The molecule has 9 aromatic carbocycles. The van der Waals surface area contributed by atoms with Gasteiger partial charge in [-0.2, -0.15) is 0 Å². The molecule has 0 aliphatic heterocycles. The van der Waals surface area contributed by atoms with Crippen molar-refractivity contribution in [3.8, 4) is 27.9 Å². The summed E-state index contributed by atoms with van der Waals surface area (Å²) in [5.41, 5.74) is 14.8. The van der Waals surface area contributed by atoms with E-state index in [1.807, 2.05) is 0 Å². The van der Waals surface area contributed by atoms with Crippen LogP contribution in [0.3, 0.4) is 0 Å². The van der Waals surface area contributed by atoms with Gasteiger partial charge in [0.05, 0.1) is 11.0 Å². The highest BCUT2D eigenvalue weighted by molar-refractivity contribution is 6.25. The Hall–Kier alpha value is -6.64. The third-order valence-electron chi connectivity index (χ3n) is 11.7. The SMILES string of the molecule is CC1(C)c2ccccc2-c2ccc(N(c3ccc(-c4cc5ccc6cccc7c6c5c(c4)n7-c4ccccc4)cc3)c3ccc4ccccc4c3)cc21. The van der Waals surface area contributed by atoms with E-state index in [0.29, 0.717) is 0 Å². The molecule has 11 rings (SSSR count). The van der Waals surface area contributed by atoms with Gasteiger partial charge in [-0.05, 0) is 122 Å². The van der Waals surface area contributed by atoms with Crippen LogP contribution in [-0.2, 0) is 5.41 Å². The van der Waals surface area contributed by atoms with Crippen LogP contribution in [0, 0.1) is 0 Å². The minimum Gasteiger partial charge on any atom is -0.310 e. The Bertz CT molecular complexity index is 3020. The van der Waals surface area contributed by atoms with Gasteiger partial charge in [0.1, 0.15) is 0 Å². The lowest BCUT2D eigenvalue weighted by molar-refractivity contribution is 0.660. The van der Waals surface area contributed by atoms with Gasteiger partial charge >= 0.3 is 0 Å². The molecule has 1 heterocycles. The van der Waals surface area contributed by atoms with E-state index in [1.165, 1.54) is 82.4 Å². The molecule has 0 fully saturated rings. The van der Waals surface area contributed by atoms with E-state index in [-0.39, 0.29) is 5.41 Å². The van der Waals surface area contributed by atoms with Crippen LogP contribution in [-0.4, -0.2) is 4.57 Å². The highest BCUT2D eigenvalue weighted by Gasteiger charge is 2.35. The highest BCUT2D eigenvalue weighted by Crippen LogP contribution is 2.51. The quantitative estimate of drug-likeness (QED) is 0.165. The topological polar surface area (TPSA) is 8.17 Å².